The fraction of sp³-hybridized carbons (Fsp3) is 0.625. The lowest BCUT2D eigenvalue weighted by molar-refractivity contribution is 0.0459. The SMILES string of the molecule is CC(c1ccccc1)N1CCN(C2CCC2)CC1. The molecule has 1 unspecified atom stereocenters. The molecule has 1 aliphatic carbocycles. The lowest BCUT2D eigenvalue weighted by Crippen LogP contribution is -2.52. The average Bonchev–Trinajstić information content (AvgIpc) is 2.38. The third kappa shape index (κ3) is 2.45. The monoisotopic (exact) mass is 244 g/mol. The number of rotatable bonds is 3. The molecule has 2 aliphatic rings. The summed E-state index contributed by atoms with van der Waals surface area (Å²) >= 11 is 0. The minimum Gasteiger partial charge on any atom is -0.298 e. The van der Waals surface area contributed by atoms with E-state index in [0.717, 1.165) is 6.04 Å². The summed E-state index contributed by atoms with van der Waals surface area (Å²) in [6, 6.07) is 12.4. The van der Waals surface area contributed by atoms with Gasteiger partial charge in [-0.1, -0.05) is 36.8 Å². The van der Waals surface area contributed by atoms with Gasteiger partial charge in [0.1, 0.15) is 0 Å². The molecule has 18 heavy (non-hydrogen) atoms. The highest BCUT2D eigenvalue weighted by atomic mass is 15.3. The summed E-state index contributed by atoms with van der Waals surface area (Å²) in [5.74, 6) is 0. The van der Waals surface area contributed by atoms with Crippen LogP contribution in [0.25, 0.3) is 0 Å². The third-order valence-corrected chi connectivity index (χ3v) is 4.77. The van der Waals surface area contributed by atoms with Crippen LogP contribution in [-0.2, 0) is 0 Å². The molecule has 0 spiro atoms. The van der Waals surface area contributed by atoms with Crippen LogP contribution in [-0.4, -0.2) is 42.0 Å². The Bertz CT molecular complexity index is 364. The molecule has 1 aromatic rings. The number of piperazine rings is 1. The molecular formula is C16H24N2. The number of nitrogens with zero attached hydrogens (tertiary/aromatic N) is 2. The number of hydrogen-bond donors (Lipinski definition) is 0. The summed E-state index contributed by atoms with van der Waals surface area (Å²) < 4.78 is 0. The smallest absolute Gasteiger partial charge is 0.0320 e. The predicted octanol–water partition coefficient (Wildman–Crippen LogP) is 2.92. The van der Waals surface area contributed by atoms with Crippen molar-refractivity contribution in [3.63, 3.8) is 0 Å². The van der Waals surface area contributed by atoms with E-state index >= 15 is 0 Å². The third-order valence-electron chi connectivity index (χ3n) is 4.77. The quantitative estimate of drug-likeness (QED) is 0.806. The summed E-state index contributed by atoms with van der Waals surface area (Å²) in [6.45, 7) is 7.33. The molecule has 3 rings (SSSR count). The Kier molecular flexibility index (Phi) is 3.67. The molecule has 1 atom stereocenters. The fourth-order valence-corrected chi connectivity index (χ4v) is 3.18. The van der Waals surface area contributed by atoms with Gasteiger partial charge in [-0.15, -0.1) is 0 Å². The Hall–Kier alpha value is -0.860. The highest BCUT2D eigenvalue weighted by molar-refractivity contribution is 5.18. The largest absolute Gasteiger partial charge is 0.298 e. The van der Waals surface area contributed by atoms with E-state index in [2.05, 4.69) is 47.1 Å². The van der Waals surface area contributed by atoms with Crippen LogP contribution in [0, 0.1) is 0 Å². The second kappa shape index (κ2) is 5.41. The minimum atomic E-state index is 0.565. The van der Waals surface area contributed by atoms with E-state index in [-0.39, 0.29) is 0 Å². The van der Waals surface area contributed by atoms with Crippen molar-refractivity contribution < 1.29 is 0 Å². The van der Waals surface area contributed by atoms with Gasteiger partial charge in [-0.05, 0) is 25.3 Å². The number of hydrogen-bond acceptors (Lipinski definition) is 2. The lowest BCUT2D eigenvalue weighted by Gasteiger charge is -2.44. The molecule has 0 N–H and O–H groups in total. The molecule has 2 nitrogen and oxygen atoms in total. The maximum Gasteiger partial charge on any atom is 0.0320 e. The van der Waals surface area contributed by atoms with Crippen molar-refractivity contribution in [2.75, 3.05) is 26.2 Å². The number of benzene rings is 1. The van der Waals surface area contributed by atoms with Crippen molar-refractivity contribution in [2.24, 2.45) is 0 Å². The van der Waals surface area contributed by atoms with E-state index in [0.29, 0.717) is 6.04 Å². The highest BCUT2D eigenvalue weighted by Gasteiger charge is 2.29. The summed E-state index contributed by atoms with van der Waals surface area (Å²) in [5, 5.41) is 0. The van der Waals surface area contributed by atoms with Crippen LogP contribution in [0.5, 0.6) is 0 Å². The lowest BCUT2D eigenvalue weighted by atomic mass is 9.91. The molecule has 1 aliphatic heterocycles. The second-order valence-electron chi connectivity index (χ2n) is 5.74. The normalized spacial score (nSPS) is 24.7. The van der Waals surface area contributed by atoms with Crippen LogP contribution in [0.3, 0.4) is 0 Å². The van der Waals surface area contributed by atoms with Crippen molar-refractivity contribution >= 4 is 0 Å². The van der Waals surface area contributed by atoms with Gasteiger partial charge in [0.05, 0.1) is 0 Å². The molecular weight excluding hydrogens is 220 g/mol. The van der Waals surface area contributed by atoms with Gasteiger partial charge in [-0.3, -0.25) is 9.80 Å². The predicted molar refractivity (Wildman–Crippen MR) is 75.6 cm³/mol. The minimum absolute atomic E-state index is 0.565. The van der Waals surface area contributed by atoms with E-state index in [1.165, 1.54) is 51.0 Å². The van der Waals surface area contributed by atoms with Gasteiger partial charge in [-0.25, -0.2) is 0 Å². The van der Waals surface area contributed by atoms with Gasteiger partial charge in [-0.2, -0.15) is 0 Å². The molecule has 0 aromatic heterocycles. The van der Waals surface area contributed by atoms with Crippen LogP contribution < -0.4 is 0 Å². The van der Waals surface area contributed by atoms with Gasteiger partial charge in [0, 0.05) is 38.3 Å². The van der Waals surface area contributed by atoms with E-state index in [1.54, 1.807) is 0 Å². The molecule has 0 amide bonds. The highest BCUT2D eigenvalue weighted by Crippen LogP contribution is 2.27. The Morgan fingerprint density at radius 3 is 2.22 bits per heavy atom. The molecule has 0 radical (unpaired) electrons. The van der Waals surface area contributed by atoms with Crippen molar-refractivity contribution in [3.8, 4) is 0 Å². The molecule has 2 heteroatoms. The zero-order chi connectivity index (χ0) is 12.4. The summed E-state index contributed by atoms with van der Waals surface area (Å²) in [6.07, 6.45) is 4.33. The first-order valence-corrected chi connectivity index (χ1v) is 7.37. The maximum atomic E-state index is 2.71. The molecule has 2 fully saturated rings. The van der Waals surface area contributed by atoms with E-state index in [9.17, 15) is 0 Å². The van der Waals surface area contributed by atoms with Gasteiger partial charge in [0.15, 0.2) is 0 Å². The molecule has 1 saturated carbocycles. The van der Waals surface area contributed by atoms with Crippen LogP contribution >= 0.6 is 0 Å². The first-order valence-electron chi connectivity index (χ1n) is 7.37. The molecule has 0 bridgehead atoms. The van der Waals surface area contributed by atoms with E-state index in [1.807, 2.05) is 0 Å². The van der Waals surface area contributed by atoms with Gasteiger partial charge < -0.3 is 0 Å². The van der Waals surface area contributed by atoms with Crippen molar-refractivity contribution in [3.05, 3.63) is 35.9 Å². The first kappa shape index (κ1) is 12.2. The topological polar surface area (TPSA) is 6.48 Å². The molecule has 1 heterocycles. The Morgan fingerprint density at radius 2 is 1.67 bits per heavy atom. The first-order chi connectivity index (χ1) is 8.84. The van der Waals surface area contributed by atoms with E-state index in [4.69, 9.17) is 0 Å². The zero-order valence-corrected chi connectivity index (χ0v) is 11.4. The van der Waals surface area contributed by atoms with E-state index < -0.39 is 0 Å². The van der Waals surface area contributed by atoms with Crippen LogP contribution in [0.1, 0.15) is 37.8 Å². The average molecular weight is 244 g/mol. The zero-order valence-electron chi connectivity index (χ0n) is 11.4. The van der Waals surface area contributed by atoms with Crippen molar-refractivity contribution in [1.29, 1.82) is 0 Å². The fourth-order valence-electron chi connectivity index (χ4n) is 3.18. The Labute approximate surface area is 111 Å². The Morgan fingerprint density at radius 1 is 1.00 bits per heavy atom. The molecule has 98 valence electrons. The molecule has 1 aromatic carbocycles. The maximum absolute atomic E-state index is 2.71. The Balaban J connectivity index is 1.55. The van der Waals surface area contributed by atoms with Gasteiger partial charge in [0.25, 0.3) is 0 Å². The van der Waals surface area contributed by atoms with Gasteiger partial charge in [0.2, 0.25) is 0 Å². The second-order valence-corrected chi connectivity index (χ2v) is 5.74. The van der Waals surface area contributed by atoms with Crippen LogP contribution in [0.2, 0.25) is 0 Å². The van der Waals surface area contributed by atoms with Crippen LogP contribution in [0.15, 0.2) is 30.3 Å². The summed E-state index contributed by atoms with van der Waals surface area (Å²) in [4.78, 5) is 5.34. The summed E-state index contributed by atoms with van der Waals surface area (Å²) in [5.41, 5.74) is 1.45. The molecule has 1 saturated heterocycles. The standard InChI is InChI=1S/C16H24N2/c1-14(15-6-3-2-4-7-15)17-10-12-18(13-11-17)16-8-5-9-16/h2-4,6-7,14,16H,5,8-13H2,1H3. The van der Waals surface area contributed by atoms with Gasteiger partial charge >= 0.3 is 0 Å². The van der Waals surface area contributed by atoms with Crippen molar-refractivity contribution in [1.82, 2.24) is 9.80 Å². The van der Waals surface area contributed by atoms with Crippen LogP contribution in [0.4, 0.5) is 0 Å². The summed E-state index contributed by atoms with van der Waals surface area (Å²) in [7, 11) is 0. The van der Waals surface area contributed by atoms with Crippen molar-refractivity contribution in [2.45, 2.75) is 38.3 Å².